The number of nitrogens with one attached hydrogen (secondary N) is 1. The van der Waals surface area contributed by atoms with Crippen molar-refractivity contribution in [1.29, 1.82) is 0 Å². The molecule has 1 aliphatic heterocycles. The Labute approximate surface area is 124 Å². The molecule has 0 aromatic carbocycles. The minimum atomic E-state index is -0.0581. The molecule has 5 nitrogen and oxygen atoms in total. The number of aromatic nitrogens is 1. The van der Waals surface area contributed by atoms with Crippen LogP contribution in [0.1, 0.15) is 28.3 Å². The van der Waals surface area contributed by atoms with Crippen LogP contribution in [0.3, 0.4) is 0 Å². The predicted octanol–water partition coefficient (Wildman–Crippen LogP) is 2.30. The van der Waals surface area contributed by atoms with Gasteiger partial charge in [-0.25, -0.2) is 4.98 Å². The van der Waals surface area contributed by atoms with Gasteiger partial charge in [0.05, 0.1) is 5.56 Å². The second-order valence-corrected chi connectivity index (χ2v) is 5.42. The molecule has 1 aliphatic rings. The molecule has 0 aliphatic carbocycles. The van der Waals surface area contributed by atoms with Crippen molar-refractivity contribution in [3.8, 4) is 0 Å². The summed E-state index contributed by atoms with van der Waals surface area (Å²) in [6.45, 7) is 5.36. The van der Waals surface area contributed by atoms with Crippen molar-refractivity contribution in [2.75, 3.05) is 18.0 Å². The molecule has 110 valence electrons. The highest BCUT2D eigenvalue weighted by Gasteiger charge is 2.26. The molecular formula is C16H19N3O2. The molecule has 5 heteroatoms. The van der Waals surface area contributed by atoms with Gasteiger partial charge in [-0.3, -0.25) is 4.79 Å². The topological polar surface area (TPSA) is 58.4 Å². The van der Waals surface area contributed by atoms with Gasteiger partial charge in [0.25, 0.3) is 5.91 Å². The average molecular weight is 285 g/mol. The summed E-state index contributed by atoms with van der Waals surface area (Å²) >= 11 is 0. The van der Waals surface area contributed by atoms with E-state index in [0.29, 0.717) is 11.3 Å². The van der Waals surface area contributed by atoms with E-state index >= 15 is 0 Å². The van der Waals surface area contributed by atoms with E-state index in [-0.39, 0.29) is 11.9 Å². The highest BCUT2D eigenvalue weighted by molar-refractivity contribution is 5.95. The van der Waals surface area contributed by atoms with Crippen LogP contribution < -0.4 is 10.2 Å². The third-order valence-corrected chi connectivity index (χ3v) is 3.78. The van der Waals surface area contributed by atoms with Crippen molar-refractivity contribution < 1.29 is 9.21 Å². The van der Waals surface area contributed by atoms with E-state index in [1.807, 2.05) is 32.0 Å². The van der Waals surface area contributed by atoms with Crippen LogP contribution in [0.2, 0.25) is 0 Å². The Kier molecular flexibility index (Phi) is 3.64. The lowest BCUT2D eigenvalue weighted by Gasteiger charge is -2.17. The predicted molar refractivity (Wildman–Crippen MR) is 80.5 cm³/mol. The molecule has 2 aromatic rings. The Balaban J connectivity index is 1.62. The molecular weight excluding hydrogens is 266 g/mol. The zero-order chi connectivity index (χ0) is 14.8. The van der Waals surface area contributed by atoms with Gasteiger partial charge in [0.1, 0.15) is 17.3 Å². The van der Waals surface area contributed by atoms with Crippen molar-refractivity contribution in [2.24, 2.45) is 0 Å². The third-order valence-electron chi connectivity index (χ3n) is 3.78. The summed E-state index contributed by atoms with van der Waals surface area (Å²) in [6.07, 6.45) is 2.72. The highest BCUT2D eigenvalue weighted by atomic mass is 16.3. The van der Waals surface area contributed by atoms with E-state index in [4.69, 9.17) is 4.42 Å². The SMILES string of the molecule is Cc1cc(C(=O)NC2CCN(c3ccccn3)C2)c(C)o1. The summed E-state index contributed by atoms with van der Waals surface area (Å²) in [5, 5.41) is 3.08. The van der Waals surface area contributed by atoms with E-state index in [1.54, 1.807) is 12.3 Å². The first-order valence-corrected chi connectivity index (χ1v) is 7.17. The van der Waals surface area contributed by atoms with Crippen molar-refractivity contribution in [3.63, 3.8) is 0 Å². The molecule has 0 radical (unpaired) electrons. The molecule has 0 saturated carbocycles. The highest BCUT2D eigenvalue weighted by Crippen LogP contribution is 2.19. The van der Waals surface area contributed by atoms with Gasteiger partial charge in [0.2, 0.25) is 0 Å². The molecule has 0 bridgehead atoms. The van der Waals surface area contributed by atoms with Crippen molar-refractivity contribution in [2.45, 2.75) is 26.3 Å². The lowest BCUT2D eigenvalue weighted by Crippen LogP contribution is -2.37. The maximum atomic E-state index is 12.3. The Bertz CT molecular complexity index is 636. The lowest BCUT2D eigenvalue weighted by atomic mass is 10.2. The van der Waals surface area contributed by atoms with E-state index < -0.39 is 0 Å². The number of carbonyl (C=O) groups is 1. The maximum absolute atomic E-state index is 12.3. The largest absolute Gasteiger partial charge is 0.466 e. The van der Waals surface area contributed by atoms with Gasteiger partial charge in [-0.15, -0.1) is 0 Å². The second-order valence-electron chi connectivity index (χ2n) is 5.42. The standard InChI is InChI=1S/C16H19N3O2/c1-11-9-14(12(2)21-11)16(20)18-13-6-8-19(10-13)15-5-3-4-7-17-15/h3-5,7,9,13H,6,8,10H2,1-2H3,(H,18,20). The molecule has 1 fully saturated rings. The zero-order valence-corrected chi connectivity index (χ0v) is 12.3. The van der Waals surface area contributed by atoms with Crippen LogP contribution in [0, 0.1) is 13.8 Å². The van der Waals surface area contributed by atoms with E-state index in [0.717, 1.165) is 31.1 Å². The molecule has 1 N–H and O–H groups in total. The second kappa shape index (κ2) is 5.60. The van der Waals surface area contributed by atoms with Gasteiger partial charge in [0.15, 0.2) is 0 Å². The summed E-state index contributed by atoms with van der Waals surface area (Å²) < 4.78 is 5.41. The first-order valence-electron chi connectivity index (χ1n) is 7.17. The van der Waals surface area contributed by atoms with Crippen LogP contribution in [0.15, 0.2) is 34.9 Å². The van der Waals surface area contributed by atoms with Crippen molar-refractivity contribution >= 4 is 11.7 Å². The van der Waals surface area contributed by atoms with Crippen molar-refractivity contribution in [1.82, 2.24) is 10.3 Å². The van der Waals surface area contributed by atoms with Gasteiger partial charge in [-0.05, 0) is 38.5 Å². The van der Waals surface area contributed by atoms with E-state index in [9.17, 15) is 4.79 Å². The number of anilines is 1. The van der Waals surface area contributed by atoms with Crippen molar-refractivity contribution in [3.05, 3.63) is 47.5 Å². The molecule has 3 heterocycles. The monoisotopic (exact) mass is 285 g/mol. The fourth-order valence-electron chi connectivity index (χ4n) is 2.75. The third kappa shape index (κ3) is 2.91. The fraction of sp³-hybridized carbons (Fsp3) is 0.375. The molecule has 3 rings (SSSR count). The van der Waals surface area contributed by atoms with Crippen LogP contribution in [0.25, 0.3) is 0 Å². The first kappa shape index (κ1) is 13.7. The summed E-state index contributed by atoms with van der Waals surface area (Å²) in [6, 6.07) is 7.81. The molecule has 0 spiro atoms. The number of hydrogen-bond donors (Lipinski definition) is 1. The van der Waals surface area contributed by atoms with Gasteiger partial charge >= 0.3 is 0 Å². The summed E-state index contributed by atoms with van der Waals surface area (Å²) in [5.74, 6) is 2.34. The van der Waals surface area contributed by atoms with Gasteiger partial charge in [0, 0.05) is 25.3 Å². The molecule has 1 atom stereocenters. The minimum absolute atomic E-state index is 0.0581. The van der Waals surface area contributed by atoms with Crippen LogP contribution in [0.5, 0.6) is 0 Å². The number of nitrogens with zero attached hydrogens (tertiary/aromatic N) is 2. The molecule has 1 unspecified atom stereocenters. The molecule has 2 aromatic heterocycles. The van der Waals surface area contributed by atoms with Crippen LogP contribution in [0.4, 0.5) is 5.82 Å². The number of hydrogen-bond acceptors (Lipinski definition) is 4. The van der Waals surface area contributed by atoms with Crippen LogP contribution in [-0.2, 0) is 0 Å². The minimum Gasteiger partial charge on any atom is -0.466 e. The van der Waals surface area contributed by atoms with E-state index in [2.05, 4.69) is 15.2 Å². The normalized spacial score (nSPS) is 18.0. The van der Waals surface area contributed by atoms with Crippen LogP contribution >= 0.6 is 0 Å². The number of pyridine rings is 1. The Morgan fingerprint density at radius 3 is 2.95 bits per heavy atom. The molecule has 1 saturated heterocycles. The lowest BCUT2D eigenvalue weighted by molar-refractivity contribution is 0.0939. The average Bonchev–Trinajstić information content (AvgIpc) is 3.06. The first-order chi connectivity index (χ1) is 10.1. The Morgan fingerprint density at radius 1 is 1.43 bits per heavy atom. The van der Waals surface area contributed by atoms with Gasteiger partial charge in [-0.2, -0.15) is 0 Å². The Hall–Kier alpha value is -2.30. The number of amides is 1. The van der Waals surface area contributed by atoms with Crippen LogP contribution in [-0.4, -0.2) is 30.0 Å². The quantitative estimate of drug-likeness (QED) is 0.940. The fourth-order valence-corrected chi connectivity index (χ4v) is 2.75. The zero-order valence-electron chi connectivity index (χ0n) is 12.3. The van der Waals surface area contributed by atoms with Gasteiger partial charge in [-0.1, -0.05) is 6.07 Å². The summed E-state index contributed by atoms with van der Waals surface area (Å²) in [5.41, 5.74) is 0.629. The smallest absolute Gasteiger partial charge is 0.255 e. The number of furan rings is 1. The van der Waals surface area contributed by atoms with E-state index in [1.165, 1.54) is 0 Å². The van der Waals surface area contributed by atoms with Gasteiger partial charge < -0.3 is 14.6 Å². The molecule has 21 heavy (non-hydrogen) atoms. The number of rotatable bonds is 3. The summed E-state index contributed by atoms with van der Waals surface area (Å²) in [7, 11) is 0. The number of aryl methyl sites for hydroxylation is 2. The number of carbonyl (C=O) groups excluding carboxylic acids is 1. The molecule has 1 amide bonds. The Morgan fingerprint density at radius 2 is 2.29 bits per heavy atom. The maximum Gasteiger partial charge on any atom is 0.255 e. The summed E-state index contributed by atoms with van der Waals surface area (Å²) in [4.78, 5) is 18.8.